The van der Waals surface area contributed by atoms with Gasteiger partial charge in [0.2, 0.25) is 0 Å². The molecule has 0 aliphatic carbocycles. The van der Waals surface area contributed by atoms with Gasteiger partial charge in [-0.25, -0.2) is 4.79 Å². The Morgan fingerprint density at radius 3 is 2.25 bits per heavy atom. The van der Waals surface area contributed by atoms with Crippen molar-refractivity contribution in [3.63, 3.8) is 0 Å². The molecule has 0 radical (unpaired) electrons. The van der Waals surface area contributed by atoms with E-state index < -0.39 is 0 Å². The van der Waals surface area contributed by atoms with Gasteiger partial charge in [0.15, 0.2) is 0 Å². The van der Waals surface area contributed by atoms with Crippen molar-refractivity contribution in [3.8, 4) is 11.1 Å². The third kappa shape index (κ3) is 1.31. The average molecular weight is 210 g/mol. The number of esters is 1. The SMILES string of the molecule is O=C1OCc2ccccc2-c2ccccc21. The minimum atomic E-state index is -0.244. The summed E-state index contributed by atoms with van der Waals surface area (Å²) in [5, 5.41) is 0. The van der Waals surface area contributed by atoms with Gasteiger partial charge < -0.3 is 4.74 Å². The Morgan fingerprint density at radius 2 is 1.44 bits per heavy atom. The highest BCUT2D eigenvalue weighted by Crippen LogP contribution is 2.30. The van der Waals surface area contributed by atoms with E-state index in [4.69, 9.17) is 4.74 Å². The van der Waals surface area contributed by atoms with Crippen LogP contribution in [0.2, 0.25) is 0 Å². The molecule has 0 aromatic heterocycles. The van der Waals surface area contributed by atoms with E-state index in [9.17, 15) is 4.79 Å². The molecule has 0 saturated carbocycles. The Labute approximate surface area is 93.5 Å². The molecule has 2 aromatic carbocycles. The van der Waals surface area contributed by atoms with Crippen LogP contribution in [0, 0.1) is 0 Å². The molecule has 0 N–H and O–H groups in total. The van der Waals surface area contributed by atoms with Crippen LogP contribution in [0.15, 0.2) is 48.5 Å². The van der Waals surface area contributed by atoms with Crippen LogP contribution in [-0.4, -0.2) is 5.97 Å². The van der Waals surface area contributed by atoms with Crippen LogP contribution in [0.3, 0.4) is 0 Å². The summed E-state index contributed by atoms with van der Waals surface area (Å²) in [6, 6.07) is 15.5. The second-order valence-corrected chi connectivity index (χ2v) is 3.78. The first-order chi connectivity index (χ1) is 7.86. The van der Waals surface area contributed by atoms with Gasteiger partial charge in [0.1, 0.15) is 6.61 Å². The van der Waals surface area contributed by atoms with E-state index in [-0.39, 0.29) is 5.97 Å². The lowest BCUT2D eigenvalue weighted by Crippen LogP contribution is -2.02. The molecule has 2 nitrogen and oxygen atoms in total. The van der Waals surface area contributed by atoms with Gasteiger partial charge in [-0.3, -0.25) is 0 Å². The summed E-state index contributed by atoms with van der Waals surface area (Å²) in [4.78, 5) is 11.8. The molecule has 2 aromatic rings. The van der Waals surface area contributed by atoms with E-state index in [0.717, 1.165) is 16.7 Å². The van der Waals surface area contributed by atoms with E-state index in [1.54, 1.807) is 6.07 Å². The third-order valence-electron chi connectivity index (χ3n) is 2.81. The summed E-state index contributed by atoms with van der Waals surface area (Å²) in [5.74, 6) is -0.244. The monoisotopic (exact) mass is 210 g/mol. The molecule has 0 atom stereocenters. The molecule has 0 spiro atoms. The zero-order valence-corrected chi connectivity index (χ0v) is 8.64. The number of cyclic esters (lactones) is 1. The van der Waals surface area contributed by atoms with Crippen molar-refractivity contribution in [1.29, 1.82) is 0 Å². The molecule has 1 aliphatic heterocycles. The fraction of sp³-hybridized carbons (Fsp3) is 0.0714. The fourth-order valence-corrected chi connectivity index (χ4v) is 2.03. The molecule has 0 saturated heterocycles. The fourth-order valence-electron chi connectivity index (χ4n) is 2.03. The highest BCUT2D eigenvalue weighted by molar-refractivity contribution is 5.98. The molecule has 0 fully saturated rings. The van der Waals surface area contributed by atoms with Crippen LogP contribution >= 0.6 is 0 Å². The number of carbonyl (C=O) groups is 1. The van der Waals surface area contributed by atoms with Crippen LogP contribution in [0.5, 0.6) is 0 Å². The van der Waals surface area contributed by atoms with Gasteiger partial charge in [0.05, 0.1) is 5.56 Å². The second-order valence-electron chi connectivity index (χ2n) is 3.78. The lowest BCUT2D eigenvalue weighted by atomic mass is 9.97. The largest absolute Gasteiger partial charge is 0.457 e. The average Bonchev–Trinajstić information content (AvgIpc) is 2.49. The van der Waals surface area contributed by atoms with Crippen molar-refractivity contribution in [2.45, 2.75) is 6.61 Å². The minimum Gasteiger partial charge on any atom is -0.457 e. The van der Waals surface area contributed by atoms with Crippen molar-refractivity contribution in [3.05, 3.63) is 59.7 Å². The second kappa shape index (κ2) is 3.49. The smallest absolute Gasteiger partial charge is 0.339 e. The van der Waals surface area contributed by atoms with Crippen molar-refractivity contribution in [2.75, 3.05) is 0 Å². The standard InChI is InChI=1S/C14H10O2/c15-14-13-8-4-3-7-12(13)11-6-2-1-5-10(11)9-16-14/h1-8H,9H2. The van der Waals surface area contributed by atoms with Gasteiger partial charge in [-0.2, -0.15) is 0 Å². The topological polar surface area (TPSA) is 26.3 Å². The summed E-state index contributed by atoms with van der Waals surface area (Å²) in [6.07, 6.45) is 0. The van der Waals surface area contributed by atoms with Crippen molar-refractivity contribution < 1.29 is 9.53 Å². The predicted molar refractivity (Wildman–Crippen MR) is 61.0 cm³/mol. The first-order valence-electron chi connectivity index (χ1n) is 5.21. The highest BCUT2D eigenvalue weighted by atomic mass is 16.5. The zero-order chi connectivity index (χ0) is 11.0. The lowest BCUT2D eigenvalue weighted by Gasteiger charge is -2.05. The van der Waals surface area contributed by atoms with Crippen molar-refractivity contribution in [1.82, 2.24) is 0 Å². The van der Waals surface area contributed by atoms with Gasteiger partial charge in [0, 0.05) is 0 Å². The molecule has 1 heterocycles. The highest BCUT2D eigenvalue weighted by Gasteiger charge is 2.19. The van der Waals surface area contributed by atoms with Crippen molar-refractivity contribution >= 4 is 5.97 Å². The normalized spacial score (nSPS) is 13.4. The molecule has 0 amide bonds. The first kappa shape index (κ1) is 9.16. The first-order valence-corrected chi connectivity index (χ1v) is 5.21. The summed E-state index contributed by atoms with van der Waals surface area (Å²) < 4.78 is 5.22. The van der Waals surface area contributed by atoms with Gasteiger partial charge >= 0.3 is 5.97 Å². The van der Waals surface area contributed by atoms with E-state index in [2.05, 4.69) is 0 Å². The molecule has 3 rings (SSSR count). The third-order valence-corrected chi connectivity index (χ3v) is 2.81. The predicted octanol–water partition coefficient (Wildman–Crippen LogP) is 3.02. The van der Waals surface area contributed by atoms with Crippen LogP contribution in [0.25, 0.3) is 11.1 Å². The maximum absolute atomic E-state index is 11.8. The molecule has 0 unspecified atom stereocenters. The summed E-state index contributed by atoms with van der Waals surface area (Å²) >= 11 is 0. The number of carbonyl (C=O) groups excluding carboxylic acids is 1. The van der Waals surface area contributed by atoms with Crippen molar-refractivity contribution in [2.24, 2.45) is 0 Å². The maximum Gasteiger partial charge on any atom is 0.339 e. The number of hydrogen-bond donors (Lipinski definition) is 0. The Morgan fingerprint density at radius 1 is 0.812 bits per heavy atom. The van der Waals surface area contributed by atoms with Crippen LogP contribution in [-0.2, 0) is 11.3 Å². The van der Waals surface area contributed by atoms with Gasteiger partial charge in [-0.05, 0) is 22.8 Å². The number of rotatable bonds is 0. The van der Waals surface area contributed by atoms with Crippen LogP contribution < -0.4 is 0 Å². The number of ether oxygens (including phenoxy) is 1. The van der Waals surface area contributed by atoms with E-state index in [1.165, 1.54) is 0 Å². The van der Waals surface area contributed by atoms with Gasteiger partial charge in [0.25, 0.3) is 0 Å². The summed E-state index contributed by atoms with van der Waals surface area (Å²) in [6.45, 7) is 0.351. The number of hydrogen-bond acceptors (Lipinski definition) is 2. The molecule has 78 valence electrons. The molecule has 16 heavy (non-hydrogen) atoms. The summed E-state index contributed by atoms with van der Waals surface area (Å²) in [7, 11) is 0. The molecule has 1 aliphatic rings. The number of benzene rings is 2. The van der Waals surface area contributed by atoms with E-state index in [1.807, 2.05) is 42.5 Å². The minimum absolute atomic E-state index is 0.244. The van der Waals surface area contributed by atoms with E-state index >= 15 is 0 Å². The van der Waals surface area contributed by atoms with Gasteiger partial charge in [-0.1, -0.05) is 42.5 Å². The Kier molecular flexibility index (Phi) is 2.00. The quantitative estimate of drug-likeness (QED) is 0.625. The van der Waals surface area contributed by atoms with E-state index in [0.29, 0.717) is 12.2 Å². The Balaban J connectivity index is 2.32. The zero-order valence-electron chi connectivity index (χ0n) is 8.64. The van der Waals surface area contributed by atoms with Crippen LogP contribution in [0.4, 0.5) is 0 Å². The lowest BCUT2D eigenvalue weighted by molar-refractivity contribution is 0.0479. The molecule has 2 heteroatoms. The molecular weight excluding hydrogens is 200 g/mol. The van der Waals surface area contributed by atoms with Crippen LogP contribution in [0.1, 0.15) is 15.9 Å². The maximum atomic E-state index is 11.8. The number of fused-ring (bicyclic) bond motifs is 3. The summed E-state index contributed by atoms with van der Waals surface area (Å²) in [5.41, 5.74) is 3.75. The molecule has 0 bridgehead atoms. The van der Waals surface area contributed by atoms with Gasteiger partial charge in [-0.15, -0.1) is 0 Å². The molecular formula is C14H10O2. The Bertz CT molecular complexity index is 558. The Hall–Kier alpha value is -2.09.